The lowest BCUT2D eigenvalue weighted by atomic mass is 10.0. The smallest absolute Gasteiger partial charge is 0.0906 e. The number of aromatic nitrogens is 3. The Balaban J connectivity index is 2.82. The molecule has 0 amide bonds. The zero-order valence-corrected chi connectivity index (χ0v) is 9.47. The molecule has 0 fully saturated rings. The van der Waals surface area contributed by atoms with Crippen molar-refractivity contribution in [2.24, 2.45) is 12.9 Å². The van der Waals surface area contributed by atoms with Gasteiger partial charge in [0.15, 0.2) is 0 Å². The third-order valence-electron chi connectivity index (χ3n) is 2.50. The molecule has 2 atom stereocenters. The van der Waals surface area contributed by atoms with Gasteiger partial charge in [-0.05, 0) is 6.42 Å². The number of aryl methyl sites for hydroxylation is 1. The zero-order valence-electron chi connectivity index (χ0n) is 9.47. The van der Waals surface area contributed by atoms with Crippen molar-refractivity contribution in [2.75, 3.05) is 7.11 Å². The summed E-state index contributed by atoms with van der Waals surface area (Å²) in [6.07, 6.45) is 3.72. The van der Waals surface area contributed by atoms with E-state index in [4.69, 9.17) is 10.6 Å². The molecule has 6 heteroatoms. The first-order valence-corrected chi connectivity index (χ1v) is 5.08. The second kappa shape index (κ2) is 5.79. The van der Waals surface area contributed by atoms with E-state index in [1.165, 1.54) is 0 Å². The van der Waals surface area contributed by atoms with Crippen molar-refractivity contribution in [1.29, 1.82) is 0 Å². The fourth-order valence-electron chi connectivity index (χ4n) is 1.67. The molecule has 1 aromatic heterocycles. The van der Waals surface area contributed by atoms with Crippen molar-refractivity contribution < 1.29 is 4.74 Å². The summed E-state index contributed by atoms with van der Waals surface area (Å²) in [5, 5.41) is 7.71. The van der Waals surface area contributed by atoms with Crippen LogP contribution in [0.1, 0.15) is 31.5 Å². The van der Waals surface area contributed by atoms with Crippen LogP contribution >= 0.6 is 0 Å². The Morgan fingerprint density at radius 3 is 2.80 bits per heavy atom. The predicted octanol–water partition coefficient (Wildman–Crippen LogP) is 0.135. The zero-order chi connectivity index (χ0) is 11.3. The summed E-state index contributed by atoms with van der Waals surface area (Å²) in [4.78, 5) is 0. The SMILES string of the molecule is CCCC(OC)C(NN)c1cnnn1C. The topological polar surface area (TPSA) is 78.0 Å². The second-order valence-electron chi connectivity index (χ2n) is 3.49. The maximum Gasteiger partial charge on any atom is 0.0906 e. The molecule has 0 aliphatic carbocycles. The first-order valence-electron chi connectivity index (χ1n) is 5.08. The van der Waals surface area contributed by atoms with Crippen molar-refractivity contribution in [2.45, 2.75) is 31.9 Å². The van der Waals surface area contributed by atoms with Crippen LogP contribution in [0.15, 0.2) is 6.20 Å². The van der Waals surface area contributed by atoms with Crippen molar-refractivity contribution >= 4 is 0 Å². The van der Waals surface area contributed by atoms with E-state index >= 15 is 0 Å². The molecular formula is C9H19N5O. The van der Waals surface area contributed by atoms with Crippen LogP contribution in [0.2, 0.25) is 0 Å². The molecule has 0 saturated carbocycles. The minimum absolute atomic E-state index is 0.0391. The van der Waals surface area contributed by atoms with E-state index in [0.29, 0.717) is 0 Å². The number of rotatable bonds is 6. The minimum Gasteiger partial charge on any atom is -0.379 e. The summed E-state index contributed by atoms with van der Waals surface area (Å²) in [6.45, 7) is 2.11. The van der Waals surface area contributed by atoms with Crippen molar-refractivity contribution in [3.63, 3.8) is 0 Å². The lowest BCUT2D eigenvalue weighted by molar-refractivity contribution is 0.0581. The van der Waals surface area contributed by atoms with Crippen LogP contribution in [0.3, 0.4) is 0 Å². The molecule has 6 nitrogen and oxygen atoms in total. The van der Waals surface area contributed by atoms with E-state index in [1.807, 2.05) is 7.05 Å². The number of methoxy groups -OCH3 is 1. The van der Waals surface area contributed by atoms with E-state index < -0.39 is 0 Å². The van der Waals surface area contributed by atoms with Crippen LogP contribution in [0.5, 0.6) is 0 Å². The summed E-state index contributed by atoms with van der Waals surface area (Å²) >= 11 is 0. The Hall–Kier alpha value is -0.980. The molecule has 86 valence electrons. The number of nitrogens with one attached hydrogen (secondary N) is 1. The Labute approximate surface area is 89.8 Å². The molecule has 0 aliphatic rings. The van der Waals surface area contributed by atoms with Gasteiger partial charge < -0.3 is 4.74 Å². The Morgan fingerprint density at radius 1 is 1.67 bits per heavy atom. The van der Waals surface area contributed by atoms with Gasteiger partial charge in [-0.3, -0.25) is 10.5 Å². The number of nitrogens with zero attached hydrogens (tertiary/aromatic N) is 3. The molecule has 0 bridgehead atoms. The third kappa shape index (κ3) is 2.74. The van der Waals surface area contributed by atoms with Gasteiger partial charge in [0.05, 0.1) is 24.0 Å². The fraction of sp³-hybridized carbons (Fsp3) is 0.778. The molecule has 0 aromatic carbocycles. The fourth-order valence-corrected chi connectivity index (χ4v) is 1.67. The Morgan fingerprint density at radius 2 is 2.40 bits per heavy atom. The van der Waals surface area contributed by atoms with Crippen LogP contribution in [0.25, 0.3) is 0 Å². The monoisotopic (exact) mass is 213 g/mol. The van der Waals surface area contributed by atoms with Gasteiger partial charge in [0.1, 0.15) is 0 Å². The molecule has 1 aromatic rings. The third-order valence-corrected chi connectivity index (χ3v) is 2.50. The summed E-state index contributed by atoms with van der Waals surface area (Å²) in [7, 11) is 3.53. The molecule has 3 N–H and O–H groups in total. The Bertz CT molecular complexity index is 288. The molecule has 0 radical (unpaired) electrons. The number of hydrazine groups is 1. The summed E-state index contributed by atoms with van der Waals surface area (Å²) in [6, 6.07) is -0.0741. The standard InChI is InChI=1S/C9H19N5O/c1-4-5-8(15-3)9(12-10)7-6-11-13-14(7)2/h6,8-9,12H,4-5,10H2,1-3H3. The van der Waals surface area contributed by atoms with E-state index in [0.717, 1.165) is 18.5 Å². The van der Waals surface area contributed by atoms with Crippen LogP contribution in [-0.2, 0) is 11.8 Å². The molecule has 15 heavy (non-hydrogen) atoms. The number of hydrogen-bond donors (Lipinski definition) is 2. The maximum absolute atomic E-state index is 5.54. The van der Waals surface area contributed by atoms with Gasteiger partial charge in [-0.25, -0.2) is 5.43 Å². The highest BCUT2D eigenvalue weighted by Crippen LogP contribution is 2.20. The van der Waals surface area contributed by atoms with E-state index in [1.54, 1.807) is 18.0 Å². The lowest BCUT2D eigenvalue weighted by Crippen LogP contribution is -2.38. The van der Waals surface area contributed by atoms with Gasteiger partial charge in [-0.2, -0.15) is 0 Å². The highest BCUT2D eigenvalue weighted by Gasteiger charge is 2.24. The van der Waals surface area contributed by atoms with Gasteiger partial charge in [0.25, 0.3) is 0 Å². The second-order valence-corrected chi connectivity index (χ2v) is 3.49. The molecule has 1 rings (SSSR count). The van der Waals surface area contributed by atoms with Gasteiger partial charge in [-0.1, -0.05) is 18.6 Å². The van der Waals surface area contributed by atoms with Crippen LogP contribution in [-0.4, -0.2) is 28.2 Å². The molecule has 0 saturated heterocycles. The van der Waals surface area contributed by atoms with E-state index in [-0.39, 0.29) is 12.1 Å². The van der Waals surface area contributed by atoms with Gasteiger partial charge >= 0.3 is 0 Å². The largest absolute Gasteiger partial charge is 0.379 e. The average molecular weight is 213 g/mol. The average Bonchev–Trinajstić information content (AvgIpc) is 2.65. The quantitative estimate of drug-likeness (QED) is 0.519. The van der Waals surface area contributed by atoms with E-state index in [9.17, 15) is 0 Å². The summed E-state index contributed by atoms with van der Waals surface area (Å²) in [5.41, 5.74) is 3.68. The highest BCUT2D eigenvalue weighted by molar-refractivity contribution is 5.04. The molecule has 1 heterocycles. The maximum atomic E-state index is 5.54. The van der Waals surface area contributed by atoms with Gasteiger partial charge in [0, 0.05) is 14.2 Å². The molecule has 0 aliphatic heterocycles. The number of nitrogens with two attached hydrogens (primary N) is 1. The van der Waals surface area contributed by atoms with Crippen LogP contribution < -0.4 is 11.3 Å². The first kappa shape index (κ1) is 12.1. The van der Waals surface area contributed by atoms with Gasteiger partial charge in [-0.15, -0.1) is 5.10 Å². The van der Waals surface area contributed by atoms with Crippen LogP contribution in [0.4, 0.5) is 0 Å². The number of hydrogen-bond acceptors (Lipinski definition) is 5. The minimum atomic E-state index is -0.0741. The van der Waals surface area contributed by atoms with E-state index in [2.05, 4.69) is 22.7 Å². The van der Waals surface area contributed by atoms with Crippen molar-refractivity contribution in [3.05, 3.63) is 11.9 Å². The summed E-state index contributed by atoms with van der Waals surface area (Å²) in [5.74, 6) is 5.54. The number of ether oxygens (including phenoxy) is 1. The van der Waals surface area contributed by atoms with Crippen LogP contribution in [0, 0.1) is 0 Å². The Kier molecular flexibility index (Phi) is 4.67. The highest BCUT2D eigenvalue weighted by atomic mass is 16.5. The molecular weight excluding hydrogens is 194 g/mol. The lowest BCUT2D eigenvalue weighted by Gasteiger charge is -2.24. The van der Waals surface area contributed by atoms with Crippen molar-refractivity contribution in [3.8, 4) is 0 Å². The summed E-state index contributed by atoms with van der Waals surface area (Å²) < 4.78 is 7.11. The van der Waals surface area contributed by atoms with Gasteiger partial charge in [0.2, 0.25) is 0 Å². The normalized spacial score (nSPS) is 15.2. The van der Waals surface area contributed by atoms with Crippen molar-refractivity contribution in [1.82, 2.24) is 20.4 Å². The molecule has 0 spiro atoms. The molecule has 2 unspecified atom stereocenters. The predicted molar refractivity (Wildman–Crippen MR) is 56.8 cm³/mol. The first-order chi connectivity index (χ1) is 7.24.